The molecule has 0 spiro atoms. The van der Waals surface area contributed by atoms with Gasteiger partial charge in [-0.1, -0.05) is 47.7 Å². The average Bonchev–Trinajstić information content (AvgIpc) is 3.20. The summed E-state index contributed by atoms with van der Waals surface area (Å²) in [6.07, 6.45) is 4.09. The Balaban J connectivity index is 1.34. The third-order valence-corrected chi connectivity index (χ3v) is 6.18. The molecule has 1 atom stereocenters. The number of nitrogens with zero attached hydrogens (tertiary/aromatic N) is 4. The maximum absolute atomic E-state index is 4.55. The highest BCUT2D eigenvalue weighted by molar-refractivity contribution is 7.18. The summed E-state index contributed by atoms with van der Waals surface area (Å²) in [4.78, 5) is 6.91. The van der Waals surface area contributed by atoms with E-state index in [4.69, 9.17) is 0 Å². The highest BCUT2D eigenvalue weighted by Gasteiger charge is 2.24. The van der Waals surface area contributed by atoms with Crippen molar-refractivity contribution in [1.82, 2.24) is 20.5 Å². The molecule has 5 nitrogen and oxygen atoms in total. The summed E-state index contributed by atoms with van der Waals surface area (Å²) in [6.45, 7) is 6.35. The zero-order valence-corrected chi connectivity index (χ0v) is 16.6. The molecule has 1 aliphatic heterocycles. The molecule has 1 fully saturated rings. The van der Waals surface area contributed by atoms with Gasteiger partial charge in [-0.15, -0.1) is 10.2 Å². The first-order chi connectivity index (χ1) is 13.2. The van der Waals surface area contributed by atoms with E-state index in [0.29, 0.717) is 6.04 Å². The highest BCUT2D eigenvalue weighted by Crippen LogP contribution is 2.30. The minimum absolute atomic E-state index is 0.272. The number of rotatable bonds is 5. The van der Waals surface area contributed by atoms with E-state index in [1.54, 1.807) is 11.3 Å². The standard InChI is InChI=1S/C21H25N5S/c1-15-7-6-12-22-19(15)16(2)23-18-10-13-26(14-11-18)21-25-24-20(27-21)17-8-4-3-5-9-17/h3-9,12,16,18,23H,10-11,13-14H2,1-2H3/t16-/m0/s1. The monoisotopic (exact) mass is 379 g/mol. The van der Waals surface area contributed by atoms with Crippen molar-refractivity contribution < 1.29 is 0 Å². The Morgan fingerprint density at radius 2 is 1.85 bits per heavy atom. The van der Waals surface area contributed by atoms with Crippen LogP contribution in [0.25, 0.3) is 10.6 Å². The predicted molar refractivity (Wildman–Crippen MR) is 111 cm³/mol. The highest BCUT2D eigenvalue weighted by atomic mass is 32.1. The number of anilines is 1. The van der Waals surface area contributed by atoms with E-state index < -0.39 is 0 Å². The molecule has 0 saturated carbocycles. The van der Waals surface area contributed by atoms with Crippen LogP contribution in [0.3, 0.4) is 0 Å². The van der Waals surface area contributed by atoms with Gasteiger partial charge in [0.15, 0.2) is 0 Å². The molecule has 2 aromatic heterocycles. The third kappa shape index (κ3) is 4.17. The number of piperidine rings is 1. The maximum Gasteiger partial charge on any atom is 0.208 e. The molecule has 1 aliphatic rings. The topological polar surface area (TPSA) is 53.9 Å². The van der Waals surface area contributed by atoms with Crippen molar-refractivity contribution in [1.29, 1.82) is 0 Å². The summed E-state index contributed by atoms with van der Waals surface area (Å²) >= 11 is 1.68. The van der Waals surface area contributed by atoms with Crippen LogP contribution in [0.2, 0.25) is 0 Å². The predicted octanol–water partition coefficient (Wildman–Crippen LogP) is 4.23. The fourth-order valence-electron chi connectivity index (χ4n) is 3.66. The molecule has 6 heteroatoms. The van der Waals surface area contributed by atoms with E-state index in [0.717, 1.165) is 47.3 Å². The van der Waals surface area contributed by atoms with Gasteiger partial charge < -0.3 is 10.2 Å². The lowest BCUT2D eigenvalue weighted by Crippen LogP contribution is -2.43. The van der Waals surface area contributed by atoms with Crippen molar-refractivity contribution in [2.24, 2.45) is 0 Å². The van der Waals surface area contributed by atoms with E-state index in [1.165, 1.54) is 5.56 Å². The molecule has 3 aromatic rings. The molecule has 0 unspecified atom stereocenters. The molecule has 1 aromatic carbocycles. The Morgan fingerprint density at radius 3 is 2.59 bits per heavy atom. The number of hydrogen-bond donors (Lipinski definition) is 1. The summed E-state index contributed by atoms with van der Waals surface area (Å²) in [5, 5.41) is 14.6. The van der Waals surface area contributed by atoms with Crippen molar-refractivity contribution >= 4 is 16.5 Å². The summed E-state index contributed by atoms with van der Waals surface area (Å²) in [5.74, 6) is 0. The SMILES string of the molecule is Cc1cccnc1[C@H](C)NC1CCN(c2nnc(-c3ccccc3)s2)CC1. The fraction of sp³-hybridized carbons (Fsp3) is 0.381. The second-order valence-electron chi connectivity index (χ2n) is 7.11. The number of aromatic nitrogens is 3. The molecule has 0 bridgehead atoms. The fourth-order valence-corrected chi connectivity index (χ4v) is 4.56. The Hall–Kier alpha value is -2.31. The van der Waals surface area contributed by atoms with E-state index in [-0.39, 0.29) is 6.04 Å². The van der Waals surface area contributed by atoms with Gasteiger partial charge in [0, 0.05) is 36.9 Å². The molecule has 27 heavy (non-hydrogen) atoms. The van der Waals surface area contributed by atoms with E-state index >= 15 is 0 Å². The second-order valence-corrected chi connectivity index (χ2v) is 8.07. The number of pyridine rings is 1. The zero-order chi connectivity index (χ0) is 18.6. The van der Waals surface area contributed by atoms with Gasteiger partial charge in [-0.3, -0.25) is 4.98 Å². The summed E-state index contributed by atoms with van der Waals surface area (Å²) in [6, 6.07) is 15.2. The normalized spacial score (nSPS) is 16.4. The lowest BCUT2D eigenvalue weighted by atomic mass is 10.0. The van der Waals surface area contributed by atoms with Crippen LogP contribution in [-0.2, 0) is 0 Å². The lowest BCUT2D eigenvalue weighted by molar-refractivity contribution is 0.376. The molecule has 4 rings (SSSR count). The number of hydrogen-bond acceptors (Lipinski definition) is 6. The number of aryl methyl sites for hydroxylation is 1. The molecule has 0 radical (unpaired) electrons. The van der Waals surface area contributed by atoms with Crippen LogP contribution in [0.1, 0.15) is 37.1 Å². The van der Waals surface area contributed by atoms with Crippen LogP contribution in [0.5, 0.6) is 0 Å². The molecule has 1 N–H and O–H groups in total. The lowest BCUT2D eigenvalue weighted by Gasteiger charge is -2.33. The van der Waals surface area contributed by atoms with Crippen LogP contribution in [0, 0.1) is 6.92 Å². The van der Waals surface area contributed by atoms with Crippen molar-refractivity contribution in [3.8, 4) is 10.6 Å². The minimum atomic E-state index is 0.272. The van der Waals surface area contributed by atoms with Crippen molar-refractivity contribution in [3.63, 3.8) is 0 Å². The number of benzene rings is 1. The Labute approximate surface area is 164 Å². The van der Waals surface area contributed by atoms with Gasteiger partial charge in [-0.2, -0.15) is 0 Å². The summed E-state index contributed by atoms with van der Waals surface area (Å²) in [5.41, 5.74) is 3.53. The van der Waals surface area contributed by atoms with Gasteiger partial charge in [0.1, 0.15) is 5.01 Å². The molecule has 140 valence electrons. The molecule has 0 aliphatic carbocycles. The third-order valence-electron chi connectivity index (χ3n) is 5.15. The first-order valence-electron chi connectivity index (χ1n) is 9.52. The quantitative estimate of drug-likeness (QED) is 0.719. The number of nitrogens with one attached hydrogen (secondary N) is 1. The Kier molecular flexibility index (Phi) is 5.45. The average molecular weight is 380 g/mol. The van der Waals surface area contributed by atoms with Crippen LogP contribution >= 0.6 is 11.3 Å². The van der Waals surface area contributed by atoms with E-state index in [2.05, 4.69) is 57.4 Å². The molecular formula is C21H25N5S. The maximum atomic E-state index is 4.55. The van der Waals surface area contributed by atoms with Crippen LogP contribution in [-0.4, -0.2) is 34.3 Å². The van der Waals surface area contributed by atoms with Crippen molar-refractivity contribution in [2.75, 3.05) is 18.0 Å². The molecule has 1 saturated heterocycles. The van der Waals surface area contributed by atoms with Crippen molar-refractivity contribution in [2.45, 2.75) is 38.8 Å². The van der Waals surface area contributed by atoms with Gasteiger partial charge in [0.25, 0.3) is 0 Å². The van der Waals surface area contributed by atoms with Gasteiger partial charge in [-0.25, -0.2) is 0 Å². The van der Waals surface area contributed by atoms with Gasteiger partial charge in [-0.05, 0) is 38.3 Å². The Bertz CT molecular complexity index is 871. The zero-order valence-electron chi connectivity index (χ0n) is 15.8. The van der Waals surface area contributed by atoms with Crippen molar-refractivity contribution in [3.05, 3.63) is 59.9 Å². The van der Waals surface area contributed by atoms with Gasteiger partial charge in [0.2, 0.25) is 5.13 Å². The summed E-state index contributed by atoms with van der Waals surface area (Å²) < 4.78 is 0. The van der Waals surface area contributed by atoms with Crippen LogP contribution in [0.15, 0.2) is 48.7 Å². The van der Waals surface area contributed by atoms with Crippen LogP contribution in [0.4, 0.5) is 5.13 Å². The smallest absolute Gasteiger partial charge is 0.208 e. The van der Waals surface area contributed by atoms with Gasteiger partial charge >= 0.3 is 0 Å². The first kappa shape index (κ1) is 18.1. The Morgan fingerprint density at radius 1 is 1.07 bits per heavy atom. The van der Waals surface area contributed by atoms with E-state index in [9.17, 15) is 0 Å². The molecule has 3 heterocycles. The molecular weight excluding hydrogens is 354 g/mol. The minimum Gasteiger partial charge on any atom is -0.347 e. The second kappa shape index (κ2) is 8.15. The molecule has 0 amide bonds. The van der Waals surface area contributed by atoms with E-state index in [1.807, 2.05) is 30.5 Å². The van der Waals surface area contributed by atoms with Gasteiger partial charge in [0.05, 0.1) is 5.69 Å². The summed E-state index contributed by atoms with van der Waals surface area (Å²) in [7, 11) is 0. The first-order valence-corrected chi connectivity index (χ1v) is 10.3. The largest absolute Gasteiger partial charge is 0.347 e. The van der Waals surface area contributed by atoms with Crippen LogP contribution < -0.4 is 10.2 Å².